The van der Waals surface area contributed by atoms with Crippen molar-refractivity contribution in [1.29, 1.82) is 0 Å². The van der Waals surface area contributed by atoms with Gasteiger partial charge in [0.25, 0.3) is 5.91 Å². The molecular weight excluding hydrogens is 252 g/mol. The summed E-state index contributed by atoms with van der Waals surface area (Å²) in [6.07, 6.45) is 2.38. The van der Waals surface area contributed by atoms with E-state index >= 15 is 0 Å². The molecule has 1 aliphatic rings. The van der Waals surface area contributed by atoms with Gasteiger partial charge in [0, 0.05) is 17.6 Å². The lowest BCUT2D eigenvalue weighted by Gasteiger charge is -2.24. The zero-order chi connectivity index (χ0) is 14.6. The summed E-state index contributed by atoms with van der Waals surface area (Å²) in [4.78, 5) is 12.2. The van der Waals surface area contributed by atoms with Crippen molar-refractivity contribution in [1.82, 2.24) is 10.6 Å². The second-order valence-electron chi connectivity index (χ2n) is 5.97. The third-order valence-electron chi connectivity index (χ3n) is 3.56. The van der Waals surface area contributed by atoms with Crippen LogP contribution >= 0.6 is 0 Å². The maximum atomic E-state index is 12.2. The molecule has 1 heterocycles. The second kappa shape index (κ2) is 6.27. The highest BCUT2D eigenvalue weighted by atomic mass is 16.5. The van der Waals surface area contributed by atoms with E-state index in [4.69, 9.17) is 4.74 Å². The fourth-order valence-corrected chi connectivity index (χ4v) is 2.47. The highest BCUT2D eigenvalue weighted by Crippen LogP contribution is 2.18. The minimum absolute atomic E-state index is 0.0295. The van der Waals surface area contributed by atoms with Gasteiger partial charge < -0.3 is 15.4 Å². The number of hydrogen-bond donors (Lipinski definition) is 2. The Hall–Kier alpha value is -1.55. The lowest BCUT2D eigenvalue weighted by atomic mass is 10.0. The normalized spacial score (nSPS) is 22.0. The fraction of sp³-hybridized carbons (Fsp3) is 0.562. The molecular formula is C16H24N2O2. The van der Waals surface area contributed by atoms with Gasteiger partial charge in [-0.3, -0.25) is 4.79 Å². The van der Waals surface area contributed by atoms with Crippen molar-refractivity contribution in [3.8, 4) is 5.75 Å². The van der Waals surface area contributed by atoms with Gasteiger partial charge in [0.05, 0.1) is 6.10 Å². The van der Waals surface area contributed by atoms with E-state index in [-0.39, 0.29) is 17.6 Å². The van der Waals surface area contributed by atoms with Gasteiger partial charge in [-0.25, -0.2) is 0 Å². The van der Waals surface area contributed by atoms with E-state index in [1.165, 1.54) is 6.42 Å². The van der Waals surface area contributed by atoms with Gasteiger partial charge in [-0.1, -0.05) is 6.07 Å². The first kappa shape index (κ1) is 14.9. The number of carbonyl (C=O) groups is 1. The summed E-state index contributed by atoms with van der Waals surface area (Å²) in [5.41, 5.74) is 0.673. The zero-order valence-electron chi connectivity index (χ0n) is 12.5. The molecule has 0 spiro atoms. The Kier molecular flexibility index (Phi) is 4.65. The van der Waals surface area contributed by atoms with Crippen molar-refractivity contribution >= 4 is 5.91 Å². The minimum Gasteiger partial charge on any atom is -0.491 e. The van der Waals surface area contributed by atoms with Gasteiger partial charge in [-0.15, -0.1) is 0 Å². The van der Waals surface area contributed by atoms with Crippen LogP contribution in [0.15, 0.2) is 24.3 Å². The average Bonchev–Trinajstić information content (AvgIpc) is 2.83. The SMILES string of the molecule is CC(C)Oc1cccc(C(=O)NCC2(C)CCCN2)c1. The Labute approximate surface area is 120 Å². The van der Waals surface area contributed by atoms with Crippen LogP contribution in [-0.4, -0.2) is 30.6 Å². The van der Waals surface area contributed by atoms with E-state index in [9.17, 15) is 4.79 Å². The molecule has 4 heteroatoms. The first-order chi connectivity index (χ1) is 9.48. The molecule has 2 rings (SSSR count). The summed E-state index contributed by atoms with van der Waals surface area (Å²) in [6, 6.07) is 7.32. The van der Waals surface area contributed by atoms with E-state index in [1.807, 2.05) is 32.0 Å². The molecule has 1 aliphatic heterocycles. The summed E-state index contributed by atoms with van der Waals surface area (Å²) in [7, 11) is 0. The van der Waals surface area contributed by atoms with Crippen molar-refractivity contribution in [3.05, 3.63) is 29.8 Å². The van der Waals surface area contributed by atoms with Crippen molar-refractivity contribution in [2.24, 2.45) is 0 Å². The molecule has 20 heavy (non-hydrogen) atoms. The van der Waals surface area contributed by atoms with Crippen LogP contribution in [0.4, 0.5) is 0 Å². The summed E-state index contributed by atoms with van der Waals surface area (Å²) in [5, 5.41) is 6.44. The summed E-state index contributed by atoms with van der Waals surface area (Å²) in [5.74, 6) is 0.687. The number of benzene rings is 1. The van der Waals surface area contributed by atoms with Crippen LogP contribution in [0.25, 0.3) is 0 Å². The highest BCUT2D eigenvalue weighted by Gasteiger charge is 2.28. The Bertz CT molecular complexity index is 465. The molecule has 0 aromatic heterocycles. The van der Waals surface area contributed by atoms with Crippen molar-refractivity contribution in [3.63, 3.8) is 0 Å². The van der Waals surface area contributed by atoms with Gasteiger partial charge in [-0.2, -0.15) is 0 Å². The monoisotopic (exact) mass is 276 g/mol. The number of rotatable bonds is 5. The van der Waals surface area contributed by atoms with E-state index < -0.39 is 0 Å². The Morgan fingerprint density at radius 2 is 2.30 bits per heavy atom. The summed E-state index contributed by atoms with van der Waals surface area (Å²) < 4.78 is 5.61. The van der Waals surface area contributed by atoms with Gasteiger partial charge in [0.15, 0.2) is 0 Å². The first-order valence-electron chi connectivity index (χ1n) is 7.28. The van der Waals surface area contributed by atoms with Crippen LogP contribution in [0.5, 0.6) is 5.75 Å². The molecule has 4 nitrogen and oxygen atoms in total. The van der Waals surface area contributed by atoms with Crippen molar-refractivity contribution in [2.75, 3.05) is 13.1 Å². The molecule has 1 fully saturated rings. The van der Waals surface area contributed by atoms with Gasteiger partial charge >= 0.3 is 0 Å². The van der Waals surface area contributed by atoms with E-state index in [2.05, 4.69) is 17.6 Å². The maximum Gasteiger partial charge on any atom is 0.251 e. The molecule has 0 saturated carbocycles. The molecule has 2 N–H and O–H groups in total. The molecule has 0 radical (unpaired) electrons. The second-order valence-corrected chi connectivity index (χ2v) is 5.97. The standard InChI is InChI=1S/C16H24N2O2/c1-12(2)20-14-7-4-6-13(10-14)15(19)17-11-16(3)8-5-9-18-16/h4,6-7,10,12,18H,5,8-9,11H2,1-3H3,(H,17,19). The molecule has 1 amide bonds. The Morgan fingerprint density at radius 3 is 2.95 bits per heavy atom. The number of ether oxygens (including phenoxy) is 1. The topological polar surface area (TPSA) is 50.4 Å². The van der Waals surface area contributed by atoms with Crippen molar-refractivity contribution < 1.29 is 9.53 Å². The molecule has 1 atom stereocenters. The van der Waals surface area contributed by atoms with Crippen molar-refractivity contribution in [2.45, 2.75) is 45.3 Å². The van der Waals surface area contributed by atoms with E-state index in [0.29, 0.717) is 12.1 Å². The average molecular weight is 276 g/mol. The molecule has 0 bridgehead atoms. The highest BCUT2D eigenvalue weighted by molar-refractivity contribution is 5.94. The van der Waals surface area contributed by atoms with Crippen LogP contribution < -0.4 is 15.4 Å². The Morgan fingerprint density at radius 1 is 1.50 bits per heavy atom. The number of amides is 1. The first-order valence-corrected chi connectivity index (χ1v) is 7.28. The molecule has 1 saturated heterocycles. The van der Waals surface area contributed by atoms with Crippen LogP contribution in [0.3, 0.4) is 0 Å². The number of hydrogen-bond acceptors (Lipinski definition) is 3. The predicted molar refractivity (Wildman–Crippen MR) is 80.2 cm³/mol. The third kappa shape index (κ3) is 3.97. The molecule has 0 aliphatic carbocycles. The summed E-state index contributed by atoms with van der Waals surface area (Å²) in [6.45, 7) is 7.78. The lowest BCUT2D eigenvalue weighted by Crippen LogP contribution is -2.47. The number of carbonyl (C=O) groups excluding carboxylic acids is 1. The predicted octanol–water partition coefficient (Wildman–Crippen LogP) is 2.35. The smallest absolute Gasteiger partial charge is 0.251 e. The lowest BCUT2D eigenvalue weighted by molar-refractivity contribution is 0.0942. The summed E-state index contributed by atoms with van der Waals surface area (Å²) >= 11 is 0. The molecule has 1 aromatic rings. The molecule has 1 aromatic carbocycles. The third-order valence-corrected chi connectivity index (χ3v) is 3.56. The molecule has 110 valence electrons. The molecule has 1 unspecified atom stereocenters. The fourth-order valence-electron chi connectivity index (χ4n) is 2.47. The Balaban J connectivity index is 1.95. The number of nitrogens with one attached hydrogen (secondary N) is 2. The van der Waals surface area contributed by atoms with Crippen LogP contribution in [0.1, 0.15) is 44.0 Å². The van der Waals surface area contributed by atoms with E-state index in [1.54, 1.807) is 6.07 Å². The van der Waals surface area contributed by atoms with Crippen LogP contribution in [0, 0.1) is 0 Å². The van der Waals surface area contributed by atoms with Crippen LogP contribution in [0.2, 0.25) is 0 Å². The zero-order valence-corrected chi connectivity index (χ0v) is 12.5. The largest absolute Gasteiger partial charge is 0.491 e. The van der Waals surface area contributed by atoms with E-state index in [0.717, 1.165) is 18.7 Å². The maximum absolute atomic E-state index is 12.2. The van der Waals surface area contributed by atoms with Gasteiger partial charge in [0.1, 0.15) is 5.75 Å². The van der Waals surface area contributed by atoms with Crippen LogP contribution in [-0.2, 0) is 0 Å². The van der Waals surface area contributed by atoms with Gasteiger partial charge in [0.2, 0.25) is 0 Å². The van der Waals surface area contributed by atoms with Gasteiger partial charge in [-0.05, 0) is 58.4 Å². The minimum atomic E-state index is -0.0471. The quantitative estimate of drug-likeness (QED) is 0.868.